The number of aryl methyl sites for hydroxylation is 1. The first-order chi connectivity index (χ1) is 9.41. The minimum absolute atomic E-state index is 0.161. The van der Waals surface area contributed by atoms with Crippen molar-refractivity contribution in [2.24, 2.45) is 11.3 Å². The van der Waals surface area contributed by atoms with Crippen molar-refractivity contribution in [1.82, 2.24) is 25.4 Å². The Morgan fingerprint density at radius 2 is 2.25 bits per heavy atom. The first-order valence-electron chi connectivity index (χ1n) is 7.25. The Hall–Kier alpha value is -1.43. The molecule has 6 nitrogen and oxygen atoms in total. The van der Waals surface area contributed by atoms with Gasteiger partial charge in [-0.1, -0.05) is 13.8 Å². The lowest BCUT2D eigenvalue weighted by molar-refractivity contribution is -0.143. The maximum atomic E-state index is 12.7. The summed E-state index contributed by atoms with van der Waals surface area (Å²) in [5, 5.41) is 10.3. The number of hydrogen-bond donors (Lipinski definition) is 2. The zero-order chi connectivity index (χ0) is 14.8. The van der Waals surface area contributed by atoms with Gasteiger partial charge in [-0.2, -0.15) is 5.10 Å². The number of carbonyl (C=O) groups excluding carboxylic acids is 1. The van der Waals surface area contributed by atoms with Gasteiger partial charge in [0.05, 0.1) is 6.54 Å². The van der Waals surface area contributed by atoms with Gasteiger partial charge in [-0.15, -0.1) is 0 Å². The largest absolute Gasteiger partial charge is 0.338 e. The van der Waals surface area contributed by atoms with Crippen LogP contribution in [-0.2, 0) is 11.3 Å². The third-order valence-corrected chi connectivity index (χ3v) is 4.24. The zero-order valence-electron chi connectivity index (χ0n) is 12.9. The van der Waals surface area contributed by atoms with Crippen molar-refractivity contribution in [3.63, 3.8) is 0 Å². The topological polar surface area (TPSA) is 73.9 Å². The van der Waals surface area contributed by atoms with Crippen LogP contribution in [0.5, 0.6) is 0 Å². The monoisotopic (exact) mass is 279 g/mol. The lowest BCUT2D eigenvalue weighted by Crippen LogP contribution is -2.47. The van der Waals surface area contributed by atoms with Crippen LogP contribution >= 0.6 is 0 Å². The summed E-state index contributed by atoms with van der Waals surface area (Å²) in [5.41, 5.74) is -0.354. The molecule has 0 bridgehead atoms. The molecule has 1 aliphatic heterocycles. The van der Waals surface area contributed by atoms with Crippen molar-refractivity contribution >= 4 is 5.91 Å². The Bertz CT molecular complexity index is 462. The first-order valence-corrected chi connectivity index (χ1v) is 7.25. The van der Waals surface area contributed by atoms with Crippen molar-refractivity contribution in [3.8, 4) is 0 Å². The van der Waals surface area contributed by atoms with E-state index in [1.165, 1.54) is 0 Å². The summed E-state index contributed by atoms with van der Waals surface area (Å²) in [4.78, 5) is 18.7. The van der Waals surface area contributed by atoms with Gasteiger partial charge in [0.2, 0.25) is 5.91 Å². The maximum Gasteiger partial charge on any atom is 0.228 e. The molecule has 1 aliphatic rings. The van der Waals surface area contributed by atoms with Gasteiger partial charge in [0.1, 0.15) is 5.82 Å². The third-order valence-electron chi connectivity index (χ3n) is 4.24. The molecule has 1 fully saturated rings. The number of aromatic amines is 1. The first kappa shape index (κ1) is 15.0. The molecule has 2 heterocycles. The molecule has 0 aromatic carbocycles. The van der Waals surface area contributed by atoms with Crippen LogP contribution in [0.15, 0.2) is 0 Å². The fourth-order valence-electron chi connectivity index (χ4n) is 2.88. The molecule has 0 spiro atoms. The van der Waals surface area contributed by atoms with Crippen molar-refractivity contribution < 1.29 is 4.79 Å². The molecule has 1 atom stereocenters. The Morgan fingerprint density at radius 1 is 1.50 bits per heavy atom. The molecule has 112 valence electrons. The lowest BCUT2D eigenvalue weighted by Gasteiger charge is -2.38. The van der Waals surface area contributed by atoms with E-state index in [1.807, 2.05) is 27.8 Å². The highest BCUT2D eigenvalue weighted by Gasteiger charge is 2.39. The van der Waals surface area contributed by atoms with E-state index in [0.29, 0.717) is 18.3 Å². The zero-order valence-corrected chi connectivity index (χ0v) is 12.9. The summed E-state index contributed by atoms with van der Waals surface area (Å²) in [5.74, 6) is 1.99. The maximum absolute atomic E-state index is 12.7. The highest BCUT2D eigenvalue weighted by atomic mass is 16.2. The van der Waals surface area contributed by atoms with E-state index >= 15 is 0 Å². The minimum atomic E-state index is -0.354. The van der Waals surface area contributed by atoms with Crippen LogP contribution in [0.4, 0.5) is 0 Å². The van der Waals surface area contributed by atoms with Crippen molar-refractivity contribution in [2.45, 2.75) is 40.2 Å². The molecule has 2 N–H and O–H groups in total. The summed E-state index contributed by atoms with van der Waals surface area (Å²) in [7, 11) is 1.83. The molecule has 0 radical (unpaired) electrons. The van der Waals surface area contributed by atoms with E-state index in [0.717, 1.165) is 31.8 Å². The minimum Gasteiger partial charge on any atom is -0.338 e. The highest BCUT2D eigenvalue weighted by Crippen LogP contribution is 2.33. The highest BCUT2D eigenvalue weighted by molar-refractivity contribution is 5.82. The lowest BCUT2D eigenvalue weighted by atomic mass is 9.74. The molecule has 1 aromatic rings. The summed E-state index contributed by atoms with van der Waals surface area (Å²) in [6.07, 6.45) is 2.25. The number of nitrogens with one attached hydrogen (secondary N) is 2. The standard InChI is InChI=1S/C14H25N5O/c1-10-16-12(18-17-10)9-19(4)13(20)14(2,3)11-6-5-7-15-8-11/h11,15H,5-9H2,1-4H3,(H,16,17,18). The van der Waals surface area contributed by atoms with Gasteiger partial charge >= 0.3 is 0 Å². The number of rotatable bonds is 4. The Kier molecular flexibility index (Phi) is 4.42. The van der Waals surface area contributed by atoms with Gasteiger partial charge in [-0.25, -0.2) is 4.98 Å². The molecule has 20 heavy (non-hydrogen) atoms. The number of carbonyl (C=O) groups is 1. The summed E-state index contributed by atoms with van der Waals surface area (Å²) < 4.78 is 0. The molecule has 1 saturated heterocycles. The van der Waals surface area contributed by atoms with E-state index in [9.17, 15) is 4.79 Å². The Morgan fingerprint density at radius 3 is 2.80 bits per heavy atom. The van der Waals surface area contributed by atoms with Crippen LogP contribution < -0.4 is 5.32 Å². The van der Waals surface area contributed by atoms with Crippen LogP contribution in [0.2, 0.25) is 0 Å². The number of nitrogens with zero attached hydrogens (tertiary/aromatic N) is 3. The fraction of sp³-hybridized carbons (Fsp3) is 0.786. The molecule has 1 unspecified atom stereocenters. The van der Waals surface area contributed by atoms with Crippen molar-refractivity contribution in [3.05, 3.63) is 11.6 Å². The molecule has 0 saturated carbocycles. The fourth-order valence-corrected chi connectivity index (χ4v) is 2.88. The summed E-state index contributed by atoms with van der Waals surface area (Å²) >= 11 is 0. The second kappa shape index (κ2) is 5.91. The summed E-state index contributed by atoms with van der Waals surface area (Å²) in [6, 6.07) is 0. The quantitative estimate of drug-likeness (QED) is 0.865. The van der Waals surface area contributed by atoms with Gasteiger partial charge in [0.25, 0.3) is 0 Å². The van der Waals surface area contributed by atoms with E-state index < -0.39 is 0 Å². The molecule has 0 aliphatic carbocycles. The number of aromatic nitrogens is 3. The summed E-state index contributed by atoms with van der Waals surface area (Å²) in [6.45, 7) is 8.39. The molecule has 1 aromatic heterocycles. The number of hydrogen-bond acceptors (Lipinski definition) is 4. The molecular formula is C14H25N5O. The van der Waals surface area contributed by atoms with E-state index in [-0.39, 0.29) is 11.3 Å². The van der Waals surface area contributed by atoms with Crippen LogP contribution in [0.25, 0.3) is 0 Å². The van der Waals surface area contributed by atoms with Gasteiger partial charge in [0, 0.05) is 12.5 Å². The van der Waals surface area contributed by atoms with E-state index in [2.05, 4.69) is 20.5 Å². The average Bonchev–Trinajstić information content (AvgIpc) is 2.84. The number of H-pyrrole nitrogens is 1. The van der Waals surface area contributed by atoms with Crippen LogP contribution in [-0.4, -0.2) is 46.1 Å². The molecule has 6 heteroatoms. The SMILES string of the molecule is Cc1nc(CN(C)C(=O)C(C)(C)C2CCCNC2)n[nH]1. The Labute approximate surface area is 120 Å². The predicted octanol–water partition coefficient (Wildman–Crippen LogP) is 1.10. The van der Waals surface area contributed by atoms with Crippen molar-refractivity contribution in [2.75, 3.05) is 20.1 Å². The van der Waals surface area contributed by atoms with Gasteiger partial charge < -0.3 is 10.2 Å². The molecule has 2 rings (SSSR count). The molecular weight excluding hydrogens is 254 g/mol. The second-order valence-corrected chi connectivity index (χ2v) is 6.26. The molecule has 1 amide bonds. The van der Waals surface area contributed by atoms with Crippen LogP contribution in [0, 0.1) is 18.3 Å². The second-order valence-electron chi connectivity index (χ2n) is 6.26. The smallest absolute Gasteiger partial charge is 0.228 e. The average molecular weight is 279 g/mol. The van der Waals surface area contributed by atoms with E-state index in [4.69, 9.17) is 0 Å². The van der Waals surface area contributed by atoms with E-state index in [1.54, 1.807) is 4.90 Å². The van der Waals surface area contributed by atoms with Gasteiger partial charge in [-0.3, -0.25) is 9.89 Å². The van der Waals surface area contributed by atoms with Crippen LogP contribution in [0.1, 0.15) is 38.3 Å². The normalized spacial score (nSPS) is 19.9. The predicted molar refractivity (Wildman–Crippen MR) is 77.0 cm³/mol. The van der Waals surface area contributed by atoms with Crippen molar-refractivity contribution in [1.29, 1.82) is 0 Å². The van der Waals surface area contributed by atoms with Gasteiger partial charge in [0.15, 0.2) is 5.82 Å². The van der Waals surface area contributed by atoms with Crippen LogP contribution in [0.3, 0.4) is 0 Å². The Balaban J connectivity index is 2.00. The third kappa shape index (κ3) is 3.17. The number of piperidine rings is 1. The number of amides is 1. The van der Waals surface area contributed by atoms with Gasteiger partial charge in [-0.05, 0) is 38.8 Å².